The Morgan fingerprint density at radius 3 is 1.97 bits per heavy atom. The molecule has 1 amide bonds. The fraction of sp³-hybridized carbons (Fsp3) is 0.0435. The highest BCUT2D eigenvalue weighted by atomic mass is 16.5. The molecule has 0 aliphatic carbocycles. The summed E-state index contributed by atoms with van der Waals surface area (Å²) in [7, 11) is 1.46. The van der Waals surface area contributed by atoms with Crippen LogP contribution in [0, 0.1) is 0 Å². The monoisotopic (exact) mass is 419 g/mol. The van der Waals surface area contributed by atoms with Crippen LogP contribution in [0.5, 0.6) is 5.75 Å². The Morgan fingerprint density at radius 1 is 0.742 bits per heavy atom. The van der Waals surface area contributed by atoms with E-state index in [1.54, 1.807) is 24.3 Å². The number of amides is 1. The van der Waals surface area contributed by atoms with E-state index in [1.165, 1.54) is 37.4 Å². The molecule has 3 rings (SSSR count). The van der Waals surface area contributed by atoms with E-state index in [1.807, 2.05) is 0 Å². The summed E-state index contributed by atoms with van der Waals surface area (Å²) < 4.78 is 5.17. The Hall–Kier alpha value is -4.46. The predicted molar refractivity (Wildman–Crippen MR) is 111 cm³/mol. The Labute approximate surface area is 176 Å². The first-order valence-corrected chi connectivity index (χ1v) is 9.01. The molecule has 31 heavy (non-hydrogen) atoms. The number of ether oxygens (including phenoxy) is 1. The van der Waals surface area contributed by atoms with Gasteiger partial charge in [0.2, 0.25) is 0 Å². The molecule has 3 aromatic carbocycles. The molecule has 8 heteroatoms. The molecule has 0 fully saturated rings. The second kappa shape index (κ2) is 8.91. The van der Waals surface area contributed by atoms with E-state index in [-0.39, 0.29) is 17.0 Å². The molecule has 3 N–H and O–H groups in total. The second-order valence-corrected chi connectivity index (χ2v) is 6.43. The van der Waals surface area contributed by atoms with Crippen molar-refractivity contribution in [3.05, 3.63) is 94.5 Å². The zero-order chi connectivity index (χ0) is 22.5. The van der Waals surface area contributed by atoms with Gasteiger partial charge in [-0.1, -0.05) is 18.2 Å². The highest BCUT2D eigenvalue weighted by molar-refractivity contribution is 6.12. The number of rotatable bonds is 7. The Balaban J connectivity index is 1.81. The molecular weight excluding hydrogens is 402 g/mol. The van der Waals surface area contributed by atoms with Crippen molar-refractivity contribution in [1.29, 1.82) is 0 Å². The van der Waals surface area contributed by atoms with Gasteiger partial charge in [0, 0.05) is 16.8 Å². The Kier molecular flexibility index (Phi) is 6.11. The summed E-state index contributed by atoms with van der Waals surface area (Å²) in [6, 6.07) is 16.1. The Bertz CT molecular complexity index is 1180. The zero-order valence-electron chi connectivity index (χ0n) is 16.3. The molecule has 0 aliphatic rings. The van der Waals surface area contributed by atoms with Crippen LogP contribution >= 0.6 is 0 Å². The van der Waals surface area contributed by atoms with Crippen molar-refractivity contribution in [3.8, 4) is 5.75 Å². The number of nitrogens with one attached hydrogen (secondary N) is 1. The fourth-order valence-electron chi connectivity index (χ4n) is 2.95. The van der Waals surface area contributed by atoms with E-state index in [4.69, 9.17) is 9.84 Å². The lowest BCUT2D eigenvalue weighted by Gasteiger charge is -2.10. The first-order valence-electron chi connectivity index (χ1n) is 9.01. The summed E-state index contributed by atoms with van der Waals surface area (Å²) in [5.74, 6) is -3.28. The molecule has 0 heterocycles. The van der Waals surface area contributed by atoms with Crippen molar-refractivity contribution in [2.45, 2.75) is 0 Å². The largest absolute Gasteiger partial charge is 0.496 e. The van der Waals surface area contributed by atoms with Crippen LogP contribution in [0.2, 0.25) is 0 Å². The fourth-order valence-corrected chi connectivity index (χ4v) is 2.95. The maximum atomic E-state index is 12.7. The van der Waals surface area contributed by atoms with Crippen LogP contribution in [-0.4, -0.2) is 41.0 Å². The van der Waals surface area contributed by atoms with Crippen LogP contribution < -0.4 is 10.1 Å². The molecule has 0 aliphatic heterocycles. The topological polar surface area (TPSA) is 130 Å². The van der Waals surface area contributed by atoms with Gasteiger partial charge in [-0.3, -0.25) is 9.59 Å². The summed E-state index contributed by atoms with van der Waals surface area (Å²) in [5.41, 5.74) is 0.199. The highest BCUT2D eigenvalue weighted by Crippen LogP contribution is 2.21. The van der Waals surface area contributed by atoms with Crippen molar-refractivity contribution in [2.75, 3.05) is 12.4 Å². The predicted octanol–water partition coefficient (Wildman–Crippen LogP) is 3.57. The van der Waals surface area contributed by atoms with Crippen LogP contribution in [0.1, 0.15) is 47.0 Å². The third kappa shape index (κ3) is 4.59. The lowest BCUT2D eigenvalue weighted by molar-refractivity contribution is 0.0651. The van der Waals surface area contributed by atoms with Crippen molar-refractivity contribution in [1.82, 2.24) is 0 Å². The maximum absolute atomic E-state index is 12.7. The first kappa shape index (κ1) is 21.3. The van der Waals surface area contributed by atoms with Gasteiger partial charge in [0.05, 0.1) is 23.8 Å². The van der Waals surface area contributed by atoms with Gasteiger partial charge in [-0.05, 0) is 48.5 Å². The average molecular weight is 419 g/mol. The summed E-state index contributed by atoms with van der Waals surface area (Å²) in [6.07, 6.45) is 0. The first-order chi connectivity index (χ1) is 14.8. The van der Waals surface area contributed by atoms with Gasteiger partial charge in [-0.2, -0.15) is 0 Å². The molecule has 0 aromatic heterocycles. The number of carbonyl (C=O) groups is 4. The lowest BCUT2D eigenvalue weighted by atomic mass is 9.98. The molecule has 0 spiro atoms. The number of anilines is 1. The third-order valence-corrected chi connectivity index (χ3v) is 4.50. The summed E-state index contributed by atoms with van der Waals surface area (Å²) in [6.45, 7) is 0. The smallest absolute Gasteiger partial charge is 0.336 e. The number of methoxy groups -OCH3 is 1. The van der Waals surface area contributed by atoms with Gasteiger partial charge in [0.25, 0.3) is 5.91 Å². The van der Waals surface area contributed by atoms with Crippen molar-refractivity contribution < 1.29 is 34.1 Å². The minimum Gasteiger partial charge on any atom is -0.496 e. The van der Waals surface area contributed by atoms with Gasteiger partial charge >= 0.3 is 11.9 Å². The number of hydrogen-bond acceptors (Lipinski definition) is 5. The maximum Gasteiger partial charge on any atom is 0.336 e. The van der Waals surface area contributed by atoms with Gasteiger partial charge in [0.15, 0.2) is 5.78 Å². The average Bonchev–Trinajstić information content (AvgIpc) is 2.78. The normalized spacial score (nSPS) is 10.2. The molecule has 156 valence electrons. The van der Waals surface area contributed by atoms with Gasteiger partial charge in [-0.15, -0.1) is 0 Å². The molecule has 0 bridgehead atoms. The van der Waals surface area contributed by atoms with Crippen LogP contribution in [0.3, 0.4) is 0 Å². The van der Waals surface area contributed by atoms with Crippen molar-refractivity contribution >= 4 is 29.3 Å². The summed E-state index contributed by atoms with van der Waals surface area (Å²) in [4.78, 5) is 47.6. The second-order valence-electron chi connectivity index (χ2n) is 6.43. The standard InChI is InChI=1S/C23H17NO7/c1-31-19-5-3-2-4-17(19)21(26)24-15-9-6-13(7-10-15)20(25)14-8-11-16(22(27)28)18(12-14)23(29)30/h2-12H,1H3,(H,24,26)(H,27,28)(H,29,30). The van der Waals surface area contributed by atoms with Gasteiger partial charge < -0.3 is 20.3 Å². The van der Waals surface area contributed by atoms with E-state index < -0.39 is 28.8 Å². The quantitative estimate of drug-likeness (QED) is 0.499. The third-order valence-electron chi connectivity index (χ3n) is 4.50. The number of carboxylic acid groups (broad SMARTS) is 2. The number of carbonyl (C=O) groups excluding carboxylic acids is 2. The zero-order valence-corrected chi connectivity index (χ0v) is 16.3. The number of benzene rings is 3. The molecular formula is C23H17NO7. The summed E-state index contributed by atoms with van der Waals surface area (Å²) in [5, 5.41) is 21.0. The highest BCUT2D eigenvalue weighted by Gasteiger charge is 2.19. The number of hydrogen-bond donors (Lipinski definition) is 3. The van der Waals surface area contributed by atoms with Crippen LogP contribution in [0.15, 0.2) is 66.7 Å². The van der Waals surface area contributed by atoms with E-state index >= 15 is 0 Å². The number of carboxylic acids is 2. The van der Waals surface area contributed by atoms with Crippen LogP contribution in [0.25, 0.3) is 0 Å². The van der Waals surface area contributed by atoms with Crippen LogP contribution in [-0.2, 0) is 0 Å². The molecule has 0 saturated heterocycles. The molecule has 0 saturated carbocycles. The molecule has 0 unspecified atom stereocenters. The Morgan fingerprint density at radius 2 is 1.35 bits per heavy atom. The molecule has 8 nitrogen and oxygen atoms in total. The molecule has 0 atom stereocenters. The van der Waals surface area contributed by atoms with E-state index in [2.05, 4.69) is 5.32 Å². The van der Waals surface area contributed by atoms with Crippen molar-refractivity contribution in [2.24, 2.45) is 0 Å². The minimum absolute atomic E-state index is 0.0354. The number of para-hydroxylation sites is 1. The SMILES string of the molecule is COc1ccccc1C(=O)Nc1ccc(C(=O)c2ccc(C(=O)O)c(C(=O)O)c2)cc1. The molecule has 0 radical (unpaired) electrons. The van der Waals surface area contributed by atoms with Crippen LogP contribution in [0.4, 0.5) is 5.69 Å². The van der Waals surface area contributed by atoms with Gasteiger partial charge in [0.1, 0.15) is 5.75 Å². The minimum atomic E-state index is -1.44. The van der Waals surface area contributed by atoms with E-state index in [0.29, 0.717) is 17.0 Å². The molecule has 3 aromatic rings. The van der Waals surface area contributed by atoms with Crippen molar-refractivity contribution in [3.63, 3.8) is 0 Å². The van der Waals surface area contributed by atoms with E-state index in [0.717, 1.165) is 12.1 Å². The van der Waals surface area contributed by atoms with E-state index in [9.17, 15) is 24.3 Å². The number of ketones is 1. The summed E-state index contributed by atoms with van der Waals surface area (Å²) >= 11 is 0. The lowest BCUT2D eigenvalue weighted by Crippen LogP contribution is -2.13. The van der Waals surface area contributed by atoms with Gasteiger partial charge in [-0.25, -0.2) is 9.59 Å². The number of aromatic carboxylic acids is 2.